The summed E-state index contributed by atoms with van der Waals surface area (Å²) < 4.78 is 5.58. The van der Waals surface area contributed by atoms with Crippen molar-refractivity contribution in [3.63, 3.8) is 0 Å². The van der Waals surface area contributed by atoms with Crippen LogP contribution in [0.15, 0.2) is 18.2 Å². The minimum absolute atomic E-state index is 0.692. The van der Waals surface area contributed by atoms with E-state index in [0.29, 0.717) is 17.5 Å². The third kappa shape index (κ3) is 3.77. The molecule has 1 rings (SSSR count). The lowest BCUT2D eigenvalue weighted by atomic mass is 10.2. The number of aryl methyl sites for hydroxylation is 1. The maximum atomic E-state index is 5.86. The maximum absolute atomic E-state index is 5.86. The van der Waals surface area contributed by atoms with Crippen LogP contribution >= 0.6 is 23.2 Å². The minimum atomic E-state index is 0.692. The predicted molar refractivity (Wildman–Crippen MR) is 61.6 cm³/mol. The van der Waals surface area contributed by atoms with Crippen LogP contribution in [0, 0.1) is 6.92 Å². The summed E-state index contributed by atoms with van der Waals surface area (Å²) in [6.45, 7) is 2.71. The molecule has 1 aromatic rings. The number of benzene rings is 1. The van der Waals surface area contributed by atoms with Crippen molar-refractivity contribution >= 4 is 23.2 Å². The van der Waals surface area contributed by atoms with Gasteiger partial charge in [0.05, 0.1) is 6.61 Å². The second-order valence-electron chi connectivity index (χ2n) is 3.15. The first-order chi connectivity index (χ1) is 6.74. The van der Waals surface area contributed by atoms with Crippen molar-refractivity contribution in [1.82, 2.24) is 0 Å². The molecule has 0 spiro atoms. The summed E-state index contributed by atoms with van der Waals surface area (Å²) in [5, 5.41) is 0.711. The molecule has 78 valence electrons. The number of unbranched alkanes of at least 4 members (excludes halogenated alkanes) is 1. The number of hydrogen-bond acceptors (Lipinski definition) is 1. The highest BCUT2D eigenvalue weighted by atomic mass is 35.5. The molecule has 1 nitrogen and oxygen atoms in total. The molecule has 0 saturated carbocycles. The van der Waals surface area contributed by atoms with E-state index in [-0.39, 0.29) is 0 Å². The zero-order valence-corrected chi connectivity index (χ0v) is 9.74. The molecule has 1 aromatic carbocycles. The van der Waals surface area contributed by atoms with E-state index in [9.17, 15) is 0 Å². The van der Waals surface area contributed by atoms with Crippen molar-refractivity contribution in [3.05, 3.63) is 28.8 Å². The quantitative estimate of drug-likeness (QED) is 0.550. The minimum Gasteiger partial charge on any atom is -0.493 e. The van der Waals surface area contributed by atoms with Crippen LogP contribution < -0.4 is 4.74 Å². The summed E-state index contributed by atoms with van der Waals surface area (Å²) in [6, 6.07) is 5.67. The van der Waals surface area contributed by atoms with Crippen LogP contribution in [0.3, 0.4) is 0 Å². The Hall–Kier alpha value is -0.400. The van der Waals surface area contributed by atoms with E-state index in [0.717, 1.165) is 24.2 Å². The van der Waals surface area contributed by atoms with Gasteiger partial charge >= 0.3 is 0 Å². The number of hydrogen-bond donors (Lipinski definition) is 0. The SMILES string of the molecule is Cc1ccc(Cl)cc1OCCCCCl. The second-order valence-corrected chi connectivity index (χ2v) is 3.97. The molecule has 0 amide bonds. The van der Waals surface area contributed by atoms with Crippen LogP contribution in [-0.4, -0.2) is 12.5 Å². The lowest BCUT2D eigenvalue weighted by Gasteiger charge is -2.08. The first-order valence-electron chi connectivity index (χ1n) is 4.69. The number of ether oxygens (including phenoxy) is 1. The Kier molecular flexibility index (Phi) is 5.13. The first kappa shape index (κ1) is 11.7. The topological polar surface area (TPSA) is 9.23 Å². The predicted octanol–water partition coefficient (Wildman–Crippen LogP) is 4.05. The number of rotatable bonds is 5. The zero-order valence-electron chi connectivity index (χ0n) is 8.22. The third-order valence-corrected chi connectivity index (χ3v) is 2.44. The Balaban J connectivity index is 2.45. The summed E-state index contributed by atoms with van der Waals surface area (Å²) in [4.78, 5) is 0. The monoisotopic (exact) mass is 232 g/mol. The van der Waals surface area contributed by atoms with Gasteiger partial charge < -0.3 is 4.74 Å². The fourth-order valence-electron chi connectivity index (χ4n) is 1.11. The largest absolute Gasteiger partial charge is 0.493 e. The third-order valence-electron chi connectivity index (χ3n) is 1.94. The first-order valence-corrected chi connectivity index (χ1v) is 5.60. The molecule has 14 heavy (non-hydrogen) atoms. The molecule has 0 unspecified atom stereocenters. The van der Waals surface area contributed by atoms with Crippen LogP contribution in [0.25, 0.3) is 0 Å². The van der Waals surface area contributed by atoms with Gasteiger partial charge in [-0.15, -0.1) is 11.6 Å². The van der Waals surface area contributed by atoms with Crippen molar-refractivity contribution in [1.29, 1.82) is 0 Å². The molecular formula is C11H14Cl2O. The molecular weight excluding hydrogens is 219 g/mol. The number of halogens is 2. The van der Waals surface area contributed by atoms with Gasteiger partial charge in [0.25, 0.3) is 0 Å². The second kappa shape index (κ2) is 6.15. The fraction of sp³-hybridized carbons (Fsp3) is 0.455. The van der Waals surface area contributed by atoms with Crippen LogP contribution in [0.1, 0.15) is 18.4 Å². The summed E-state index contributed by atoms with van der Waals surface area (Å²) in [5.41, 5.74) is 1.11. The van der Waals surface area contributed by atoms with Gasteiger partial charge in [-0.3, -0.25) is 0 Å². The van der Waals surface area contributed by atoms with Crippen LogP contribution in [0.5, 0.6) is 5.75 Å². The lowest BCUT2D eigenvalue weighted by molar-refractivity contribution is 0.308. The van der Waals surface area contributed by atoms with Crippen molar-refractivity contribution in [2.45, 2.75) is 19.8 Å². The lowest BCUT2D eigenvalue weighted by Crippen LogP contribution is -1.98. The van der Waals surface area contributed by atoms with E-state index >= 15 is 0 Å². The Morgan fingerprint density at radius 3 is 2.79 bits per heavy atom. The van der Waals surface area contributed by atoms with Gasteiger partial charge in [0.15, 0.2) is 0 Å². The van der Waals surface area contributed by atoms with Gasteiger partial charge in [0, 0.05) is 10.9 Å². The molecule has 0 fully saturated rings. The van der Waals surface area contributed by atoms with Crippen LogP contribution in [0.4, 0.5) is 0 Å². The molecule has 0 aromatic heterocycles. The van der Waals surface area contributed by atoms with Crippen molar-refractivity contribution in [2.24, 2.45) is 0 Å². The van der Waals surface area contributed by atoms with Crippen molar-refractivity contribution < 1.29 is 4.74 Å². The van der Waals surface area contributed by atoms with Gasteiger partial charge in [0.2, 0.25) is 0 Å². The standard InChI is InChI=1S/C11H14Cl2O/c1-9-4-5-10(13)8-11(9)14-7-3-2-6-12/h4-5,8H,2-3,6-7H2,1H3. The molecule has 0 saturated heterocycles. The average Bonchev–Trinajstić information content (AvgIpc) is 2.18. The van der Waals surface area contributed by atoms with Gasteiger partial charge in [-0.25, -0.2) is 0 Å². The Labute approximate surface area is 95.0 Å². The van der Waals surface area contributed by atoms with Gasteiger partial charge in [-0.2, -0.15) is 0 Å². The number of alkyl halides is 1. The average molecular weight is 233 g/mol. The molecule has 0 aliphatic heterocycles. The van der Waals surface area contributed by atoms with Gasteiger partial charge in [-0.05, 0) is 37.5 Å². The molecule has 0 radical (unpaired) electrons. The molecule has 0 aliphatic rings. The highest BCUT2D eigenvalue weighted by Crippen LogP contribution is 2.22. The fourth-order valence-corrected chi connectivity index (χ4v) is 1.46. The van der Waals surface area contributed by atoms with Crippen LogP contribution in [0.2, 0.25) is 5.02 Å². The Bertz CT molecular complexity index is 287. The Morgan fingerprint density at radius 1 is 1.29 bits per heavy atom. The van der Waals surface area contributed by atoms with E-state index in [1.54, 1.807) is 0 Å². The zero-order chi connectivity index (χ0) is 10.4. The van der Waals surface area contributed by atoms with Crippen molar-refractivity contribution in [2.75, 3.05) is 12.5 Å². The van der Waals surface area contributed by atoms with E-state index in [1.807, 2.05) is 25.1 Å². The maximum Gasteiger partial charge on any atom is 0.123 e. The molecule has 0 atom stereocenters. The summed E-state index contributed by atoms with van der Waals surface area (Å²) in [7, 11) is 0. The van der Waals surface area contributed by atoms with Crippen LogP contribution in [-0.2, 0) is 0 Å². The summed E-state index contributed by atoms with van der Waals surface area (Å²) in [5.74, 6) is 1.56. The molecule has 0 N–H and O–H groups in total. The molecule has 3 heteroatoms. The molecule has 0 bridgehead atoms. The van der Waals surface area contributed by atoms with E-state index in [2.05, 4.69) is 0 Å². The van der Waals surface area contributed by atoms with Gasteiger partial charge in [0.1, 0.15) is 5.75 Å². The molecule has 0 heterocycles. The smallest absolute Gasteiger partial charge is 0.123 e. The highest BCUT2D eigenvalue weighted by Gasteiger charge is 1.99. The normalized spacial score (nSPS) is 10.2. The van der Waals surface area contributed by atoms with E-state index < -0.39 is 0 Å². The summed E-state index contributed by atoms with van der Waals surface area (Å²) >= 11 is 11.4. The van der Waals surface area contributed by atoms with E-state index in [4.69, 9.17) is 27.9 Å². The Morgan fingerprint density at radius 2 is 2.07 bits per heavy atom. The summed E-state index contributed by atoms with van der Waals surface area (Å²) in [6.07, 6.45) is 1.97. The highest BCUT2D eigenvalue weighted by molar-refractivity contribution is 6.30. The van der Waals surface area contributed by atoms with E-state index in [1.165, 1.54) is 0 Å². The molecule has 0 aliphatic carbocycles. The van der Waals surface area contributed by atoms with Gasteiger partial charge in [-0.1, -0.05) is 17.7 Å². The van der Waals surface area contributed by atoms with Crippen molar-refractivity contribution in [3.8, 4) is 5.75 Å².